The zero-order valence-electron chi connectivity index (χ0n) is 17.6. The number of nitrogens with one attached hydrogen (secondary N) is 1. The van der Waals surface area contributed by atoms with E-state index in [2.05, 4.69) is 17.9 Å². The molecule has 11 nitrogen and oxygen atoms in total. The minimum atomic E-state index is -1.06. The Morgan fingerprint density at radius 2 is 1.38 bits per heavy atom. The van der Waals surface area contributed by atoms with Crippen LogP contribution in [0, 0.1) is 0 Å². The normalized spacial score (nSPS) is 9.97. The van der Waals surface area contributed by atoms with Crippen molar-refractivity contribution >= 4 is 24.5 Å². The summed E-state index contributed by atoms with van der Waals surface area (Å²) in [6.07, 6.45) is 3.62. The predicted molar refractivity (Wildman–Crippen MR) is 112 cm³/mol. The second-order valence-electron chi connectivity index (χ2n) is 5.59. The Labute approximate surface area is 198 Å². The second kappa shape index (κ2) is 17.8. The Hall–Kier alpha value is -2.83. The zero-order chi connectivity index (χ0) is 25.3. The number of rotatable bonds is 5. The van der Waals surface area contributed by atoms with E-state index >= 15 is 0 Å². The molecule has 0 spiro atoms. The number of carboxylic acid groups (broad SMARTS) is 1. The van der Waals surface area contributed by atoms with Gasteiger partial charge in [0.25, 0.3) is 0 Å². The molecule has 0 fully saturated rings. The molecule has 0 aliphatic heterocycles. The Kier molecular flexibility index (Phi) is 17.5. The van der Waals surface area contributed by atoms with Gasteiger partial charge in [-0.25, -0.2) is 4.79 Å². The molecule has 32 heavy (non-hydrogen) atoms. The molecule has 0 unspecified atom stereocenters. The van der Waals surface area contributed by atoms with E-state index < -0.39 is 12.0 Å². The SMILES string of the molecule is CC(=O)N[C@@H](CS)C(=O)O.CCc1occc(=O)c1O.CCc1occc(=O)c1O.[O]=[V]. The maximum absolute atomic E-state index is 10.7. The number of aliphatic carboxylic acids is 1. The quantitative estimate of drug-likeness (QED) is 0.366. The van der Waals surface area contributed by atoms with Crippen LogP contribution < -0.4 is 16.2 Å². The van der Waals surface area contributed by atoms with E-state index in [1.165, 1.54) is 31.6 Å². The Bertz CT molecular complexity index is 900. The summed E-state index contributed by atoms with van der Waals surface area (Å²) in [5, 5.41) is 28.6. The van der Waals surface area contributed by atoms with Crippen LogP contribution >= 0.6 is 12.6 Å². The first-order valence-corrected chi connectivity index (χ1v) is 10.2. The molecule has 0 radical (unpaired) electrons. The van der Waals surface area contributed by atoms with Gasteiger partial charge in [0.2, 0.25) is 28.3 Å². The molecular formula is C19H25NO10SV. The van der Waals surface area contributed by atoms with Gasteiger partial charge in [0, 0.05) is 37.7 Å². The van der Waals surface area contributed by atoms with Crippen LogP contribution in [0.2, 0.25) is 0 Å². The van der Waals surface area contributed by atoms with E-state index in [-0.39, 0.29) is 34.0 Å². The topological polar surface area (TPSA) is 184 Å². The summed E-state index contributed by atoms with van der Waals surface area (Å²) in [6, 6.07) is 1.50. The van der Waals surface area contributed by atoms with Crippen LogP contribution in [-0.2, 0) is 43.5 Å². The van der Waals surface area contributed by atoms with Gasteiger partial charge in [-0.2, -0.15) is 12.6 Å². The van der Waals surface area contributed by atoms with Gasteiger partial charge in [-0.1, -0.05) is 13.8 Å². The molecule has 0 saturated carbocycles. The Morgan fingerprint density at radius 1 is 1.00 bits per heavy atom. The first-order chi connectivity index (χ1) is 15.1. The van der Waals surface area contributed by atoms with Crippen molar-refractivity contribution < 1.29 is 54.8 Å². The molecule has 177 valence electrons. The number of carboxylic acids is 1. The van der Waals surface area contributed by atoms with E-state index in [0.717, 1.165) is 17.4 Å². The fourth-order valence-electron chi connectivity index (χ4n) is 1.83. The Balaban J connectivity index is 0. The fraction of sp³-hybridized carbons (Fsp3) is 0.368. The monoisotopic (exact) mass is 510 g/mol. The molecule has 2 aromatic heterocycles. The molecule has 0 bridgehead atoms. The van der Waals surface area contributed by atoms with Crippen molar-refractivity contribution in [1.29, 1.82) is 0 Å². The van der Waals surface area contributed by atoms with Gasteiger partial charge in [0.1, 0.15) is 17.6 Å². The van der Waals surface area contributed by atoms with Crippen molar-refractivity contribution in [3.05, 3.63) is 56.6 Å². The molecule has 2 aromatic rings. The van der Waals surface area contributed by atoms with Gasteiger partial charge in [0.05, 0.1) is 12.5 Å². The Morgan fingerprint density at radius 3 is 1.56 bits per heavy atom. The summed E-state index contributed by atoms with van der Waals surface area (Å²) in [4.78, 5) is 41.9. The molecule has 0 aliphatic rings. The van der Waals surface area contributed by atoms with Crippen molar-refractivity contribution in [2.75, 3.05) is 5.75 Å². The number of carbonyl (C=O) groups excluding carboxylic acids is 1. The van der Waals surface area contributed by atoms with E-state index in [4.69, 9.17) is 27.8 Å². The summed E-state index contributed by atoms with van der Waals surface area (Å²) in [5.74, 6) is -1.18. The van der Waals surface area contributed by atoms with Gasteiger partial charge in [-0.05, 0) is 0 Å². The summed E-state index contributed by atoms with van der Waals surface area (Å²) in [7, 11) is 0. The molecule has 1 atom stereocenters. The molecule has 4 N–H and O–H groups in total. The summed E-state index contributed by atoms with van der Waals surface area (Å²) in [6.45, 7) is 4.87. The van der Waals surface area contributed by atoms with Crippen LogP contribution in [0.15, 0.2) is 43.1 Å². The third kappa shape index (κ3) is 12.1. The molecule has 1 amide bonds. The standard InChI is InChI=1S/2C7H8O3.C5H9NO3S.O.V/c2*1-2-6-7(9)5(8)3-4-10-6;1-3(7)6-4(2-10)5(8)9;;/h2*3-4,9H,2H2,1H3;4,10H,2H2,1H3,(H,6,7)(H,8,9);;/t;;4-;;/m..0../s1. The molecule has 0 aliphatic carbocycles. The predicted octanol–water partition coefficient (Wildman–Crippen LogP) is 1.20. The molecular weight excluding hydrogens is 485 g/mol. The molecule has 0 saturated heterocycles. The average molecular weight is 510 g/mol. The third-order valence-corrected chi connectivity index (χ3v) is 3.72. The van der Waals surface area contributed by atoms with Crippen molar-refractivity contribution in [1.82, 2.24) is 5.32 Å². The molecule has 13 heteroatoms. The number of carbonyl (C=O) groups is 2. The van der Waals surface area contributed by atoms with Crippen LogP contribution in [-0.4, -0.2) is 39.0 Å². The van der Waals surface area contributed by atoms with Crippen molar-refractivity contribution in [2.24, 2.45) is 0 Å². The van der Waals surface area contributed by atoms with Crippen LogP contribution in [0.4, 0.5) is 0 Å². The first kappa shape index (κ1) is 31.4. The molecule has 0 aromatic carbocycles. The number of aryl methyl sites for hydroxylation is 2. The molecule has 2 rings (SSSR count). The summed E-state index contributed by atoms with van der Waals surface area (Å²) >= 11 is 4.80. The van der Waals surface area contributed by atoms with Crippen molar-refractivity contribution in [3.8, 4) is 11.5 Å². The number of aromatic hydroxyl groups is 2. The maximum atomic E-state index is 10.7. The summed E-state index contributed by atoms with van der Waals surface area (Å²) < 4.78 is 17.9. The molecule has 2 heterocycles. The number of amides is 1. The zero-order valence-corrected chi connectivity index (χ0v) is 19.9. The van der Waals surface area contributed by atoms with E-state index in [1.807, 2.05) is 0 Å². The van der Waals surface area contributed by atoms with Gasteiger partial charge < -0.3 is 29.5 Å². The number of hydrogen-bond donors (Lipinski definition) is 5. The van der Waals surface area contributed by atoms with E-state index in [9.17, 15) is 19.2 Å². The van der Waals surface area contributed by atoms with Crippen LogP contribution in [0.3, 0.4) is 0 Å². The third-order valence-electron chi connectivity index (χ3n) is 3.35. The second-order valence-corrected chi connectivity index (χ2v) is 5.96. The van der Waals surface area contributed by atoms with Gasteiger partial charge in [0.15, 0.2) is 0 Å². The number of thiol groups is 1. The van der Waals surface area contributed by atoms with Gasteiger partial charge >= 0.3 is 27.0 Å². The average Bonchev–Trinajstić information content (AvgIpc) is 2.78. The van der Waals surface area contributed by atoms with E-state index in [1.54, 1.807) is 13.8 Å². The number of hydrogen-bond acceptors (Lipinski definition) is 10. The van der Waals surface area contributed by atoms with Crippen LogP contribution in [0.25, 0.3) is 0 Å². The van der Waals surface area contributed by atoms with Gasteiger partial charge in [-0.15, -0.1) is 0 Å². The van der Waals surface area contributed by atoms with Gasteiger partial charge in [-0.3, -0.25) is 14.4 Å². The first-order valence-electron chi connectivity index (χ1n) is 8.97. The van der Waals surface area contributed by atoms with Crippen LogP contribution in [0.1, 0.15) is 32.3 Å². The van der Waals surface area contributed by atoms with Crippen LogP contribution in [0.5, 0.6) is 11.5 Å². The van der Waals surface area contributed by atoms with E-state index in [0.29, 0.717) is 24.4 Å². The fourth-order valence-corrected chi connectivity index (χ4v) is 2.08. The minimum absolute atomic E-state index is 0.106. The van der Waals surface area contributed by atoms with Crippen molar-refractivity contribution in [2.45, 2.75) is 39.7 Å². The summed E-state index contributed by atoms with van der Waals surface area (Å²) in [5.41, 5.74) is -0.772. The van der Waals surface area contributed by atoms with Crippen molar-refractivity contribution in [3.63, 3.8) is 0 Å².